The first-order valence-corrected chi connectivity index (χ1v) is 13.1. The first-order valence-electron chi connectivity index (χ1n) is 12.2. The van der Waals surface area contributed by atoms with Crippen LogP contribution in [0.3, 0.4) is 0 Å². The number of thiazole rings is 1. The van der Waals surface area contributed by atoms with Crippen molar-refractivity contribution in [3.05, 3.63) is 21.7 Å². The van der Waals surface area contributed by atoms with Gasteiger partial charge in [0, 0.05) is 11.3 Å². The van der Waals surface area contributed by atoms with Gasteiger partial charge in [0.05, 0.1) is 46.4 Å². The largest absolute Gasteiger partial charge is 0.392 e. The van der Waals surface area contributed by atoms with Gasteiger partial charge in [-0.05, 0) is 51.2 Å². The number of rotatable bonds is 2. The molecule has 7 atom stereocenters. The molecule has 2 fully saturated rings. The topological polar surface area (TPSA) is 112 Å². The van der Waals surface area contributed by atoms with Crippen LogP contribution in [0.1, 0.15) is 77.9 Å². The second-order valence-electron chi connectivity index (χ2n) is 11.0. The van der Waals surface area contributed by atoms with Gasteiger partial charge >= 0.3 is 0 Å². The van der Waals surface area contributed by atoms with E-state index >= 15 is 0 Å². The fourth-order valence-electron chi connectivity index (χ4n) is 5.08. The Balaban J connectivity index is 1.89. The summed E-state index contributed by atoms with van der Waals surface area (Å²) in [5.74, 6) is -1.27. The van der Waals surface area contributed by atoms with E-state index in [0.717, 1.165) is 35.5 Å². The Morgan fingerprint density at radius 3 is 2.56 bits per heavy atom. The number of nitrogens with zero attached hydrogens (tertiary/aromatic N) is 1. The summed E-state index contributed by atoms with van der Waals surface area (Å²) in [7, 11) is 0. The van der Waals surface area contributed by atoms with Crippen LogP contribution in [0.2, 0.25) is 0 Å². The maximum Gasteiger partial charge on any atom is 0.223 e. The van der Waals surface area contributed by atoms with E-state index in [1.54, 1.807) is 32.1 Å². The summed E-state index contributed by atoms with van der Waals surface area (Å²) < 4.78 is 6.15. The quantitative estimate of drug-likeness (QED) is 0.543. The fraction of sp³-hybridized carbons (Fsp3) is 0.731. The van der Waals surface area contributed by atoms with Gasteiger partial charge in [-0.15, -0.1) is 11.3 Å². The summed E-state index contributed by atoms with van der Waals surface area (Å²) in [6, 6.07) is -0.363. The monoisotopic (exact) mass is 492 g/mol. The number of carbonyl (C=O) groups is 2. The van der Waals surface area contributed by atoms with Crippen molar-refractivity contribution in [2.24, 2.45) is 17.3 Å². The van der Waals surface area contributed by atoms with E-state index in [0.29, 0.717) is 0 Å². The number of hydrogen-bond acceptors (Lipinski definition) is 7. The number of carbonyl (C=O) groups excluding carboxylic acids is 2. The zero-order valence-electron chi connectivity index (χ0n) is 21.4. The lowest BCUT2D eigenvalue weighted by molar-refractivity contribution is -0.143. The zero-order chi connectivity index (χ0) is 25.4. The number of aryl methyl sites for hydroxylation is 1. The van der Waals surface area contributed by atoms with Crippen molar-refractivity contribution in [2.75, 3.05) is 0 Å². The van der Waals surface area contributed by atoms with Crippen molar-refractivity contribution in [1.82, 2.24) is 10.3 Å². The van der Waals surface area contributed by atoms with Crippen LogP contribution in [0.4, 0.5) is 0 Å². The third-order valence-electron chi connectivity index (χ3n) is 7.75. The van der Waals surface area contributed by atoms with Gasteiger partial charge in [0.2, 0.25) is 5.91 Å². The maximum absolute atomic E-state index is 13.2. The Bertz CT molecular complexity index is 941. The van der Waals surface area contributed by atoms with Gasteiger partial charge in [-0.3, -0.25) is 9.59 Å². The molecule has 3 N–H and O–H groups in total. The highest BCUT2D eigenvalue weighted by atomic mass is 32.1. The Morgan fingerprint density at radius 2 is 1.94 bits per heavy atom. The second-order valence-corrected chi connectivity index (χ2v) is 12.1. The van der Waals surface area contributed by atoms with Gasteiger partial charge in [-0.1, -0.05) is 34.1 Å². The highest BCUT2D eigenvalue weighted by Crippen LogP contribution is 2.45. The molecule has 0 saturated carbocycles. The normalized spacial score (nSPS) is 37.9. The Kier molecular flexibility index (Phi) is 8.07. The Labute approximate surface area is 207 Å². The number of aliphatic hydroxyl groups is 2. The summed E-state index contributed by atoms with van der Waals surface area (Å²) in [5, 5.41) is 27.7. The molecule has 8 heteroatoms. The highest BCUT2D eigenvalue weighted by molar-refractivity contribution is 7.09. The Morgan fingerprint density at radius 1 is 1.26 bits per heavy atom. The lowest BCUT2D eigenvalue weighted by atomic mass is 9.73. The van der Waals surface area contributed by atoms with Crippen molar-refractivity contribution in [2.45, 2.75) is 104 Å². The standard InChI is InChI=1S/C26H40N2O5S/c1-14-9-8-10-26(7)24(33-26)21(15(2)11-18-13-34-17(4)27-18)28-20(30)12-19(29)25(5,6)23(32)16(3)22(14)31/h11,13-14,16,19,21-22,24,29,31H,8-10,12H2,1-7H3,(H,28,30). The van der Waals surface area contributed by atoms with E-state index in [2.05, 4.69) is 17.2 Å². The number of aliphatic hydroxyl groups excluding tert-OH is 2. The highest BCUT2D eigenvalue weighted by Gasteiger charge is 2.56. The molecular formula is C26H40N2O5S. The minimum absolute atomic E-state index is 0.0667. The molecule has 2 aliphatic rings. The first-order chi connectivity index (χ1) is 15.8. The van der Waals surface area contributed by atoms with Crippen LogP contribution in [0.5, 0.6) is 0 Å². The predicted molar refractivity (Wildman–Crippen MR) is 133 cm³/mol. The van der Waals surface area contributed by atoms with Crippen molar-refractivity contribution in [1.29, 1.82) is 0 Å². The molecular weight excluding hydrogens is 452 g/mol. The average molecular weight is 493 g/mol. The van der Waals surface area contributed by atoms with Gasteiger partial charge in [0.15, 0.2) is 0 Å². The van der Waals surface area contributed by atoms with Gasteiger partial charge in [-0.25, -0.2) is 4.98 Å². The smallest absolute Gasteiger partial charge is 0.223 e. The predicted octanol–water partition coefficient (Wildman–Crippen LogP) is 3.66. The average Bonchev–Trinajstić information content (AvgIpc) is 3.25. The molecule has 0 aromatic carbocycles. The van der Waals surface area contributed by atoms with E-state index in [-0.39, 0.29) is 41.8 Å². The van der Waals surface area contributed by atoms with E-state index in [1.807, 2.05) is 32.2 Å². The molecule has 3 rings (SSSR count). The molecule has 0 bridgehead atoms. The third-order valence-corrected chi connectivity index (χ3v) is 8.54. The van der Waals surface area contributed by atoms with Crippen molar-refractivity contribution in [3.8, 4) is 0 Å². The summed E-state index contributed by atoms with van der Waals surface area (Å²) in [6.45, 7) is 12.9. The molecule has 7 unspecified atom stereocenters. The van der Waals surface area contributed by atoms with Gasteiger partial charge in [0.1, 0.15) is 11.9 Å². The molecule has 7 nitrogen and oxygen atoms in total. The summed E-state index contributed by atoms with van der Waals surface area (Å²) in [5.41, 5.74) is 0.227. The molecule has 2 aliphatic heterocycles. The SMILES string of the molecule is CC(=Cc1csc(C)n1)C1NC(=O)CC(O)C(C)(C)C(=O)C(C)C(O)C(C)CCCC2(C)OC12. The van der Waals surface area contributed by atoms with E-state index < -0.39 is 23.5 Å². The maximum atomic E-state index is 13.2. The number of hydrogen-bond donors (Lipinski definition) is 3. The van der Waals surface area contributed by atoms with Crippen LogP contribution in [0.25, 0.3) is 6.08 Å². The number of aromatic nitrogens is 1. The number of ether oxygens (including phenoxy) is 1. The zero-order valence-corrected chi connectivity index (χ0v) is 22.2. The summed E-state index contributed by atoms with van der Waals surface area (Å²) in [4.78, 5) is 30.7. The molecule has 1 aromatic rings. The van der Waals surface area contributed by atoms with Crippen LogP contribution >= 0.6 is 11.3 Å². The lowest BCUT2D eigenvalue weighted by Crippen LogP contribution is -2.48. The number of fused-ring (bicyclic) bond motifs is 1. The molecule has 0 spiro atoms. The molecule has 0 radical (unpaired) electrons. The Hall–Kier alpha value is -1.61. The number of Topliss-reactive ketones (excluding diaryl/α,β-unsaturated/α-hetero) is 1. The number of amides is 1. The third kappa shape index (κ3) is 5.78. The lowest BCUT2D eigenvalue weighted by Gasteiger charge is -2.34. The van der Waals surface area contributed by atoms with E-state index in [1.165, 1.54) is 0 Å². The van der Waals surface area contributed by atoms with Crippen molar-refractivity contribution >= 4 is 29.1 Å². The fourth-order valence-corrected chi connectivity index (χ4v) is 5.65. The molecule has 190 valence electrons. The van der Waals surface area contributed by atoms with Crippen LogP contribution in [-0.4, -0.2) is 56.8 Å². The van der Waals surface area contributed by atoms with Gasteiger partial charge in [0.25, 0.3) is 0 Å². The number of ketones is 1. The summed E-state index contributed by atoms with van der Waals surface area (Å²) in [6.07, 6.45) is 1.98. The van der Waals surface area contributed by atoms with E-state index in [4.69, 9.17) is 4.74 Å². The molecule has 1 amide bonds. The molecule has 3 heterocycles. The first kappa shape index (κ1) is 27.0. The molecule has 2 saturated heterocycles. The van der Waals surface area contributed by atoms with Crippen LogP contribution < -0.4 is 5.32 Å². The van der Waals surface area contributed by atoms with Crippen LogP contribution in [0.15, 0.2) is 11.0 Å². The van der Waals surface area contributed by atoms with Crippen molar-refractivity contribution in [3.63, 3.8) is 0 Å². The van der Waals surface area contributed by atoms with Gasteiger partial charge < -0.3 is 20.3 Å². The minimum atomic E-state index is -1.17. The van der Waals surface area contributed by atoms with Crippen molar-refractivity contribution < 1.29 is 24.5 Å². The molecule has 1 aromatic heterocycles. The van der Waals surface area contributed by atoms with Crippen LogP contribution in [-0.2, 0) is 14.3 Å². The summed E-state index contributed by atoms with van der Waals surface area (Å²) >= 11 is 1.57. The van der Waals surface area contributed by atoms with Crippen LogP contribution in [0, 0.1) is 24.2 Å². The number of epoxide rings is 1. The van der Waals surface area contributed by atoms with E-state index in [9.17, 15) is 19.8 Å². The minimum Gasteiger partial charge on any atom is -0.392 e. The number of nitrogens with one attached hydrogen (secondary N) is 1. The molecule has 0 aliphatic carbocycles. The van der Waals surface area contributed by atoms with Gasteiger partial charge in [-0.2, -0.15) is 0 Å². The second kappa shape index (κ2) is 10.2. The molecule has 34 heavy (non-hydrogen) atoms.